The number of hydrogen-bond donors (Lipinski definition) is 3. The Kier molecular flexibility index (Phi) is 9.09. The standard InChI is InChI=1S/C20H27N7O3.HI/c1-3-21-20(23-9-8-22-19(30)15-4-6-17(28)7-5-15)26-10-11-27(18(29)14-26)16-12-24-25(2)13-16;/h4-7,12-13,28H,3,8-11,14H2,1-2H3,(H,21,23)(H,22,30);1H. The highest BCUT2D eigenvalue weighted by atomic mass is 127. The number of carbonyl (C=O) groups is 2. The molecule has 0 unspecified atom stereocenters. The molecule has 1 fully saturated rings. The molecule has 1 aromatic carbocycles. The molecule has 3 rings (SSSR count). The van der Waals surface area contributed by atoms with E-state index in [1.54, 1.807) is 27.9 Å². The number of guanidine groups is 1. The lowest BCUT2D eigenvalue weighted by Crippen LogP contribution is -2.55. The molecule has 2 heterocycles. The van der Waals surface area contributed by atoms with Crippen molar-refractivity contribution < 1.29 is 14.7 Å². The smallest absolute Gasteiger partial charge is 0.251 e. The van der Waals surface area contributed by atoms with E-state index in [1.807, 2.05) is 25.1 Å². The van der Waals surface area contributed by atoms with E-state index in [4.69, 9.17) is 0 Å². The van der Waals surface area contributed by atoms with Crippen LogP contribution in [0.2, 0.25) is 0 Å². The topological polar surface area (TPSA) is 115 Å². The predicted molar refractivity (Wildman–Crippen MR) is 129 cm³/mol. The highest BCUT2D eigenvalue weighted by molar-refractivity contribution is 14.0. The average Bonchev–Trinajstić information content (AvgIpc) is 3.16. The van der Waals surface area contributed by atoms with Gasteiger partial charge in [-0.2, -0.15) is 5.10 Å². The van der Waals surface area contributed by atoms with Crippen LogP contribution >= 0.6 is 24.0 Å². The molecule has 2 aromatic rings. The molecule has 0 aliphatic carbocycles. The molecule has 0 radical (unpaired) electrons. The van der Waals surface area contributed by atoms with E-state index in [-0.39, 0.29) is 48.1 Å². The molecular weight excluding hydrogens is 513 g/mol. The van der Waals surface area contributed by atoms with E-state index in [2.05, 4.69) is 20.7 Å². The number of aliphatic imine (C=N–C) groups is 1. The van der Waals surface area contributed by atoms with Crippen LogP contribution in [0.15, 0.2) is 41.7 Å². The molecule has 0 saturated carbocycles. The van der Waals surface area contributed by atoms with E-state index in [0.29, 0.717) is 44.2 Å². The number of rotatable bonds is 6. The maximum atomic E-state index is 12.6. The summed E-state index contributed by atoms with van der Waals surface area (Å²) in [5.74, 6) is 0.524. The van der Waals surface area contributed by atoms with E-state index in [0.717, 1.165) is 5.69 Å². The van der Waals surface area contributed by atoms with Gasteiger partial charge in [-0.3, -0.25) is 19.3 Å². The van der Waals surface area contributed by atoms with Gasteiger partial charge in [-0.1, -0.05) is 0 Å². The number of phenolic OH excluding ortho intramolecular Hbond substituents is 1. The minimum atomic E-state index is -0.226. The fraction of sp³-hybridized carbons (Fsp3) is 0.400. The molecule has 11 heteroatoms. The fourth-order valence-electron chi connectivity index (χ4n) is 3.15. The Balaban J connectivity index is 0.00000341. The molecule has 2 amide bonds. The summed E-state index contributed by atoms with van der Waals surface area (Å²) in [4.78, 5) is 32.9. The van der Waals surface area contributed by atoms with Crippen LogP contribution in [0.25, 0.3) is 0 Å². The summed E-state index contributed by atoms with van der Waals surface area (Å²) < 4.78 is 1.67. The monoisotopic (exact) mass is 541 g/mol. The van der Waals surface area contributed by atoms with Crippen LogP contribution in [0.3, 0.4) is 0 Å². The Morgan fingerprint density at radius 3 is 2.58 bits per heavy atom. The summed E-state index contributed by atoms with van der Waals surface area (Å²) >= 11 is 0. The molecule has 10 nitrogen and oxygen atoms in total. The number of carbonyl (C=O) groups excluding carboxylic acids is 2. The number of benzene rings is 1. The van der Waals surface area contributed by atoms with Crippen molar-refractivity contribution in [3.8, 4) is 5.75 Å². The molecular formula is C20H28IN7O3. The molecule has 0 atom stereocenters. The first-order chi connectivity index (χ1) is 14.5. The third-order valence-corrected chi connectivity index (χ3v) is 4.65. The van der Waals surface area contributed by atoms with E-state index in [1.165, 1.54) is 12.1 Å². The number of aromatic hydroxyl groups is 1. The second-order valence-corrected chi connectivity index (χ2v) is 6.88. The zero-order valence-electron chi connectivity index (χ0n) is 17.6. The van der Waals surface area contributed by atoms with Crippen molar-refractivity contribution in [1.82, 2.24) is 25.3 Å². The minimum Gasteiger partial charge on any atom is -0.508 e. The number of aromatic nitrogens is 2. The lowest BCUT2D eigenvalue weighted by Gasteiger charge is -2.35. The first kappa shape index (κ1) is 24.4. The van der Waals surface area contributed by atoms with E-state index >= 15 is 0 Å². The van der Waals surface area contributed by atoms with Crippen LogP contribution < -0.4 is 15.5 Å². The molecule has 1 aliphatic rings. The van der Waals surface area contributed by atoms with Gasteiger partial charge in [0.25, 0.3) is 5.91 Å². The highest BCUT2D eigenvalue weighted by Crippen LogP contribution is 2.16. The van der Waals surface area contributed by atoms with Gasteiger partial charge in [0.15, 0.2) is 5.96 Å². The van der Waals surface area contributed by atoms with Crippen molar-refractivity contribution in [1.29, 1.82) is 0 Å². The van der Waals surface area contributed by atoms with Crippen LogP contribution in [0.5, 0.6) is 5.75 Å². The first-order valence-electron chi connectivity index (χ1n) is 9.87. The summed E-state index contributed by atoms with van der Waals surface area (Å²) in [6.07, 6.45) is 3.51. The number of amides is 2. The van der Waals surface area contributed by atoms with E-state index < -0.39 is 0 Å². The Morgan fingerprint density at radius 2 is 1.97 bits per heavy atom. The highest BCUT2D eigenvalue weighted by Gasteiger charge is 2.27. The predicted octanol–water partition coefficient (Wildman–Crippen LogP) is 0.788. The molecule has 31 heavy (non-hydrogen) atoms. The third kappa shape index (κ3) is 6.57. The van der Waals surface area contributed by atoms with Crippen molar-refractivity contribution in [2.45, 2.75) is 6.92 Å². The molecule has 1 saturated heterocycles. The van der Waals surface area contributed by atoms with Crippen LogP contribution in [0, 0.1) is 0 Å². The van der Waals surface area contributed by atoms with Crippen LogP contribution in [-0.2, 0) is 11.8 Å². The van der Waals surface area contributed by atoms with Gasteiger partial charge in [-0.15, -0.1) is 24.0 Å². The average molecular weight is 541 g/mol. The number of piperazine rings is 1. The quantitative estimate of drug-likeness (QED) is 0.216. The first-order valence-corrected chi connectivity index (χ1v) is 9.87. The van der Waals surface area contributed by atoms with Gasteiger partial charge in [0.2, 0.25) is 5.91 Å². The van der Waals surface area contributed by atoms with Crippen molar-refractivity contribution in [2.75, 3.05) is 44.2 Å². The summed E-state index contributed by atoms with van der Waals surface area (Å²) in [5, 5.41) is 19.4. The van der Waals surface area contributed by atoms with Gasteiger partial charge in [0.05, 0.1) is 18.4 Å². The van der Waals surface area contributed by atoms with Gasteiger partial charge >= 0.3 is 0 Å². The van der Waals surface area contributed by atoms with E-state index in [9.17, 15) is 14.7 Å². The lowest BCUT2D eigenvalue weighted by molar-refractivity contribution is -0.120. The van der Waals surface area contributed by atoms with Gasteiger partial charge in [-0.05, 0) is 31.2 Å². The maximum Gasteiger partial charge on any atom is 0.251 e. The Bertz CT molecular complexity index is 914. The van der Waals surface area contributed by atoms with Gasteiger partial charge < -0.3 is 25.5 Å². The van der Waals surface area contributed by atoms with Crippen LogP contribution in [0.1, 0.15) is 17.3 Å². The van der Waals surface area contributed by atoms with Crippen molar-refractivity contribution >= 4 is 47.4 Å². The normalized spacial score (nSPS) is 14.3. The Labute approximate surface area is 198 Å². The van der Waals surface area contributed by atoms with Crippen LogP contribution in [0.4, 0.5) is 5.69 Å². The minimum absolute atomic E-state index is 0. The zero-order valence-corrected chi connectivity index (χ0v) is 19.9. The molecule has 0 bridgehead atoms. The summed E-state index contributed by atoms with van der Waals surface area (Å²) in [5.41, 5.74) is 1.27. The molecule has 1 aromatic heterocycles. The maximum absolute atomic E-state index is 12.6. The summed E-state index contributed by atoms with van der Waals surface area (Å²) in [7, 11) is 1.82. The SMILES string of the molecule is CCNC(=NCCNC(=O)c1ccc(O)cc1)N1CCN(c2cnn(C)c2)C(=O)C1.I. The van der Waals surface area contributed by atoms with Crippen molar-refractivity contribution in [3.05, 3.63) is 42.2 Å². The van der Waals surface area contributed by atoms with Crippen LogP contribution in [-0.4, -0.2) is 76.8 Å². The second-order valence-electron chi connectivity index (χ2n) is 6.88. The Morgan fingerprint density at radius 1 is 1.23 bits per heavy atom. The van der Waals surface area contributed by atoms with Gasteiger partial charge in [0.1, 0.15) is 12.3 Å². The molecule has 168 valence electrons. The molecule has 0 spiro atoms. The zero-order chi connectivity index (χ0) is 21.5. The lowest BCUT2D eigenvalue weighted by atomic mass is 10.2. The summed E-state index contributed by atoms with van der Waals surface area (Å²) in [6.45, 7) is 4.80. The van der Waals surface area contributed by atoms with Crippen molar-refractivity contribution in [3.63, 3.8) is 0 Å². The molecule has 3 N–H and O–H groups in total. The number of anilines is 1. The second kappa shape index (κ2) is 11.5. The Hall–Kier alpha value is -2.83. The number of hydrogen-bond acceptors (Lipinski definition) is 5. The summed E-state index contributed by atoms with van der Waals surface area (Å²) in [6, 6.07) is 6.06. The van der Waals surface area contributed by atoms with Gasteiger partial charge in [-0.25, -0.2) is 0 Å². The third-order valence-electron chi connectivity index (χ3n) is 4.65. The number of nitrogens with zero attached hydrogens (tertiary/aromatic N) is 5. The van der Waals surface area contributed by atoms with Gasteiger partial charge in [0, 0.05) is 45.0 Å². The van der Waals surface area contributed by atoms with Crippen molar-refractivity contribution in [2.24, 2.45) is 12.0 Å². The fourth-order valence-corrected chi connectivity index (χ4v) is 3.15. The number of nitrogens with one attached hydrogen (secondary N) is 2. The number of aryl methyl sites for hydroxylation is 1. The molecule has 1 aliphatic heterocycles. The number of halogens is 1. The number of phenols is 1. The largest absolute Gasteiger partial charge is 0.508 e.